The van der Waals surface area contributed by atoms with E-state index in [2.05, 4.69) is 4.40 Å². The number of nitrogen functional groups attached to an aromatic ring is 1. The first-order chi connectivity index (χ1) is 7.30. The van der Waals surface area contributed by atoms with Crippen LogP contribution in [0.2, 0.25) is 0 Å². The van der Waals surface area contributed by atoms with E-state index in [9.17, 15) is 4.21 Å². The molecule has 0 aliphatic carbocycles. The van der Waals surface area contributed by atoms with Gasteiger partial charge in [0.25, 0.3) is 0 Å². The zero-order chi connectivity index (χ0) is 12.3. The van der Waals surface area contributed by atoms with E-state index in [0.29, 0.717) is 5.69 Å². The van der Waals surface area contributed by atoms with Crippen molar-refractivity contribution in [2.24, 2.45) is 4.40 Å². The van der Waals surface area contributed by atoms with Crippen molar-refractivity contribution in [1.29, 1.82) is 0 Å². The lowest BCUT2D eigenvalue weighted by Crippen LogP contribution is -2.20. The van der Waals surface area contributed by atoms with E-state index >= 15 is 0 Å². The molecule has 1 atom stereocenters. The van der Waals surface area contributed by atoms with E-state index in [1.54, 1.807) is 0 Å². The number of benzene rings is 1. The van der Waals surface area contributed by atoms with Gasteiger partial charge in [-0.25, -0.2) is 4.21 Å². The summed E-state index contributed by atoms with van der Waals surface area (Å²) in [6, 6.07) is 7.43. The highest BCUT2D eigenvalue weighted by molar-refractivity contribution is 7.85. The van der Waals surface area contributed by atoms with Gasteiger partial charge >= 0.3 is 0 Å². The van der Waals surface area contributed by atoms with Crippen LogP contribution in [0.5, 0.6) is 0 Å². The summed E-state index contributed by atoms with van der Waals surface area (Å²) in [4.78, 5) is 0. The lowest BCUT2D eigenvalue weighted by atomic mass is 10.1. The molecule has 88 valence electrons. The summed E-state index contributed by atoms with van der Waals surface area (Å²) in [6.07, 6.45) is 0. The average Bonchev–Trinajstić information content (AvgIpc) is 2.16. The van der Waals surface area contributed by atoms with Crippen LogP contribution in [0.1, 0.15) is 33.3 Å². The number of nitrogens with zero attached hydrogens (tertiary/aromatic N) is 1. The summed E-state index contributed by atoms with van der Waals surface area (Å²) in [5, 5.41) is 0. The van der Waals surface area contributed by atoms with E-state index in [4.69, 9.17) is 5.73 Å². The van der Waals surface area contributed by atoms with Crippen LogP contribution in [0, 0.1) is 0 Å². The van der Waals surface area contributed by atoms with Crippen LogP contribution >= 0.6 is 0 Å². The van der Waals surface area contributed by atoms with Crippen molar-refractivity contribution in [3.05, 3.63) is 29.8 Å². The second kappa shape index (κ2) is 4.78. The molecule has 1 aromatic carbocycles. The normalized spacial score (nSPS) is 14.9. The average molecular weight is 238 g/mol. The van der Waals surface area contributed by atoms with E-state index in [1.165, 1.54) is 0 Å². The molecule has 0 saturated heterocycles. The molecule has 0 aliphatic rings. The molecule has 0 aromatic heterocycles. The molecule has 1 unspecified atom stereocenters. The van der Waals surface area contributed by atoms with Gasteiger partial charge in [0.05, 0.1) is 10.5 Å². The van der Waals surface area contributed by atoms with Crippen molar-refractivity contribution in [1.82, 2.24) is 0 Å². The fraction of sp³-hybridized carbons (Fsp3) is 0.417. The number of rotatable bonds is 2. The van der Waals surface area contributed by atoms with E-state index in [1.807, 2.05) is 52.0 Å². The maximum absolute atomic E-state index is 11.8. The minimum atomic E-state index is -1.23. The Labute approximate surface area is 99.4 Å². The summed E-state index contributed by atoms with van der Waals surface area (Å²) >= 11 is 0. The van der Waals surface area contributed by atoms with Crippen LogP contribution in [0.3, 0.4) is 0 Å². The van der Waals surface area contributed by atoms with Gasteiger partial charge in [-0.05, 0) is 45.4 Å². The van der Waals surface area contributed by atoms with Crippen LogP contribution in [-0.2, 0) is 11.0 Å². The summed E-state index contributed by atoms with van der Waals surface area (Å²) in [5.41, 5.74) is 8.04. The Bertz CT molecular complexity index is 433. The lowest BCUT2D eigenvalue weighted by molar-refractivity contribution is 0.650. The van der Waals surface area contributed by atoms with Gasteiger partial charge in [-0.3, -0.25) is 0 Å². The highest BCUT2D eigenvalue weighted by Crippen LogP contribution is 2.15. The molecule has 0 fully saturated rings. The minimum absolute atomic E-state index is 0.332. The Morgan fingerprint density at radius 3 is 2.50 bits per heavy atom. The molecular formula is C12H18N2OS. The standard InChI is InChI=1S/C12H18N2OS/c1-9(14-16(15)12(2,3)4)10-6-5-7-11(13)8-10/h5-8H,13H2,1-4H3. The quantitative estimate of drug-likeness (QED) is 0.636. The highest BCUT2D eigenvalue weighted by atomic mass is 32.2. The van der Waals surface area contributed by atoms with Gasteiger partial charge in [0, 0.05) is 5.69 Å². The summed E-state index contributed by atoms with van der Waals surface area (Å²) < 4.78 is 15.7. The third-order valence-corrected chi connectivity index (χ3v) is 3.54. The molecule has 0 bridgehead atoms. The Morgan fingerprint density at radius 2 is 2.00 bits per heavy atom. The van der Waals surface area contributed by atoms with Gasteiger partial charge in [-0.1, -0.05) is 12.1 Å². The van der Waals surface area contributed by atoms with Crippen LogP contribution in [0.25, 0.3) is 0 Å². The van der Waals surface area contributed by atoms with Crippen molar-refractivity contribution >= 4 is 22.4 Å². The first-order valence-corrected chi connectivity index (χ1v) is 6.24. The second-order valence-electron chi connectivity index (χ2n) is 4.66. The third-order valence-electron chi connectivity index (χ3n) is 2.05. The van der Waals surface area contributed by atoms with Crippen LogP contribution in [0.4, 0.5) is 5.69 Å². The van der Waals surface area contributed by atoms with Gasteiger partial charge in [-0.15, -0.1) is 0 Å². The molecule has 0 aliphatic heterocycles. The van der Waals surface area contributed by atoms with Gasteiger partial charge in [0.15, 0.2) is 0 Å². The predicted molar refractivity (Wildman–Crippen MR) is 71.0 cm³/mol. The van der Waals surface area contributed by atoms with E-state index < -0.39 is 11.0 Å². The van der Waals surface area contributed by atoms with Crippen molar-refractivity contribution in [3.63, 3.8) is 0 Å². The third kappa shape index (κ3) is 3.45. The van der Waals surface area contributed by atoms with Gasteiger partial charge in [-0.2, -0.15) is 4.40 Å². The lowest BCUT2D eigenvalue weighted by Gasteiger charge is -2.14. The highest BCUT2D eigenvalue weighted by Gasteiger charge is 2.19. The Balaban J connectivity index is 2.99. The Kier molecular flexibility index (Phi) is 3.86. The number of anilines is 1. The Morgan fingerprint density at radius 1 is 1.38 bits per heavy atom. The zero-order valence-electron chi connectivity index (χ0n) is 10.2. The number of hydrogen-bond donors (Lipinski definition) is 1. The number of nitrogens with two attached hydrogens (primary N) is 1. The second-order valence-corrected chi connectivity index (χ2v) is 6.57. The molecule has 3 nitrogen and oxygen atoms in total. The van der Waals surface area contributed by atoms with Gasteiger partial charge in [0.2, 0.25) is 0 Å². The molecule has 16 heavy (non-hydrogen) atoms. The molecule has 1 aromatic rings. The topological polar surface area (TPSA) is 55.5 Å². The Hall–Kier alpha value is -1.16. The molecule has 0 saturated carbocycles. The maximum Gasteiger partial charge on any atom is 0.145 e. The molecule has 0 amide bonds. The van der Waals surface area contributed by atoms with Crippen LogP contribution < -0.4 is 5.73 Å². The van der Waals surface area contributed by atoms with E-state index in [-0.39, 0.29) is 4.75 Å². The smallest absolute Gasteiger partial charge is 0.145 e. The van der Waals surface area contributed by atoms with Crippen molar-refractivity contribution < 1.29 is 4.21 Å². The van der Waals surface area contributed by atoms with Crippen LogP contribution in [-0.4, -0.2) is 14.7 Å². The molecule has 0 heterocycles. The predicted octanol–water partition coefficient (Wildman–Crippen LogP) is 2.54. The summed E-state index contributed by atoms with van der Waals surface area (Å²) in [5.74, 6) is 0. The van der Waals surface area contributed by atoms with E-state index in [0.717, 1.165) is 11.3 Å². The fourth-order valence-electron chi connectivity index (χ4n) is 1.08. The maximum atomic E-state index is 11.8. The first kappa shape index (κ1) is 12.9. The molecule has 0 spiro atoms. The first-order valence-electron chi connectivity index (χ1n) is 5.14. The zero-order valence-corrected chi connectivity index (χ0v) is 11.0. The minimum Gasteiger partial charge on any atom is -0.399 e. The monoisotopic (exact) mass is 238 g/mol. The van der Waals surface area contributed by atoms with Gasteiger partial charge < -0.3 is 5.73 Å². The molecule has 0 radical (unpaired) electrons. The fourth-order valence-corrected chi connectivity index (χ4v) is 1.71. The summed E-state index contributed by atoms with van der Waals surface area (Å²) in [6.45, 7) is 7.55. The molecule has 2 N–H and O–H groups in total. The van der Waals surface area contributed by atoms with Crippen molar-refractivity contribution in [2.45, 2.75) is 32.4 Å². The van der Waals surface area contributed by atoms with Crippen LogP contribution in [0.15, 0.2) is 28.7 Å². The largest absolute Gasteiger partial charge is 0.399 e. The molecule has 4 heteroatoms. The van der Waals surface area contributed by atoms with Crippen molar-refractivity contribution in [3.8, 4) is 0 Å². The number of hydrogen-bond acceptors (Lipinski definition) is 2. The molecular weight excluding hydrogens is 220 g/mol. The summed E-state index contributed by atoms with van der Waals surface area (Å²) in [7, 11) is -1.23. The SMILES string of the molecule is CC(=NS(=O)C(C)(C)C)c1cccc(N)c1. The van der Waals surface area contributed by atoms with Crippen molar-refractivity contribution in [2.75, 3.05) is 5.73 Å². The van der Waals surface area contributed by atoms with Gasteiger partial charge in [0.1, 0.15) is 11.0 Å². The molecule has 1 rings (SSSR count).